The molecular weight excluding hydrogens is 372 g/mol. The molecule has 6 heteroatoms. The molecule has 0 unspecified atom stereocenters. The number of carbonyl (C=O) groups excluding carboxylic acids is 1. The van der Waals surface area contributed by atoms with Gasteiger partial charge in [-0.15, -0.1) is 0 Å². The van der Waals surface area contributed by atoms with Gasteiger partial charge in [0.1, 0.15) is 0 Å². The van der Waals surface area contributed by atoms with Gasteiger partial charge in [-0.2, -0.15) is 0 Å². The molecule has 0 bridgehead atoms. The molecule has 1 heterocycles. The van der Waals surface area contributed by atoms with Crippen molar-refractivity contribution in [3.63, 3.8) is 0 Å². The van der Waals surface area contributed by atoms with E-state index in [0.717, 1.165) is 21.3 Å². The van der Waals surface area contributed by atoms with Crippen molar-refractivity contribution in [2.24, 2.45) is 0 Å². The Morgan fingerprint density at radius 2 is 2.00 bits per heavy atom. The van der Waals surface area contributed by atoms with Crippen molar-refractivity contribution in [2.45, 2.75) is 26.3 Å². The topological polar surface area (TPSA) is 70.5 Å². The summed E-state index contributed by atoms with van der Waals surface area (Å²) in [6, 6.07) is 11.4. The van der Waals surface area contributed by atoms with Crippen molar-refractivity contribution >= 4 is 27.8 Å². The maximum Gasteiger partial charge on any atom is 0.305 e. The molecule has 0 aliphatic heterocycles. The first-order valence-electron chi connectivity index (χ1n) is 7.59. The van der Waals surface area contributed by atoms with Crippen LogP contribution in [0.1, 0.15) is 23.2 Å². The summed E-state index contributed by atoms with van der Waals surface area (Å²) in [5, 5.41) is 8.92. The number of nitrogens with zero attached hydrogens (tertiary/aromatic N) is 2. The van der Waals surface area contributed by atoms with Crippen molar-refractivity contribution < 1.29 is 14.7 Å². The zero-order valence-corrected chi connectivity index (χ0v) is 15.0. The van der Waals surface area contributed by atoms with Gasteiger partial charge in [0.25, 0.3) is 0 Å². The van der Waals surface area contributed by atoms with Crippen LogP contribution in [0.15, 0.2) is 47.1 Å². The van der Waals surface area contributed by atoms with Crippen molar-refractivity contribution in [3.05, 3.63) is 63.9 Å². The molecule has 2 rings (SSSR count). The summed E-state index contributed by atoms with van der Waals surface area (Å²) in [6.07, 6.45) is 1.81. The number of carbonyl (C=O) groups is 2. The van der Waals surface area contributed by atoms with Gasteiger partial charge in [-0.1, -0.05) is 34.1 Å². The zero-order chi connectivity index (χ0) is 17.5. The standard InChI is InChI=1S/C18H19BrN2O3/c1-13-5-6-14(11-20-13)10-17(22)21(8-7-18(23)24)12-15-3-2-4-16(19)9-15/h2-6,9,11H,7-8,10,12H2,1H3,(H,23,24). The quantitative estimate of drug-likeness (QED) is 0.787. The van der Waals surface area contributed by atoms with Crippen LogP contribution >= 0.6 is 15.9 Å². The molecule has 1 N–H and O–H groups in total. The highest BCUT2D eigenvalue weighted by Gasteiger charge is 2.16. The maximum absolute atomic E-state index is 12.6. The largest absolute Gasteiger partial charge is 0.481 e. The number of hydrogen-bond acceptors (Lipinski definition) is 3. The fourth-order valence-electron chi connectivity index (χ4n) is 2.27. The lowest BCUT2D eigenvalue weighted by molar-refractivity contribution is -0.138. The van der Waals surface area contributed by atoms with Gasteiger partial charge in [-0.05, 0) is 36.2 Å². The molecular formula is C18H19BrN2O3. The molecule has 0 aliphatic carbocycles. The van der Waals surface area contributed by atoms with Crippen molar-refractivity contribution in [1.29, 1.82) is 0 Å². The smallest absolute Gasteiger partial charge is 0.305 e. The molecule has 1 amide bonds. The summed E-state index contributed by atoms with van der Waals surface area (Å²) in [6.45, 7) is 2.45. The van der Waals surface area contributed by atoms with Crippen LogP contribution < -0.4 is 0 Å². The number of aliphatic carboxylic acids is 1. The summed E-state index contributed by atoms with van der Waals surface area (Å²) in [7, 11) is 0. The van der Waals surface area contributed by atoms with Crippen LogP contribution in [0.5, 0.6) is 0 Å². The summed E-state index contributed by atoms with van der Waals surface area (Å²) in [5.41, 5.74) is 2.66. The lowest BCUT2D eigenvalue weighted by Crippen LogP contribution is -2.33. The van der Waals surface area contributed by atoms with Crippen LogP contribution in [0.4, 0.5) is 0 Å². The van der Waals surface area contributed by atoms with Crippen molar-refractivity contribution in [2.75, 3.05) is 6.54 Å². The third kappa shape index (κ3) is 5.77. The molecule has 126 valence electrons. The Hall–Kier alpha value is -2.21. The van der Waals surface area contributed by atoms with Crippen LogP contribution in [0.2, 0.25) is 0 Å². The van der Waals surface area contributed by atoms with Crippen LogP contribution in [-0.4, -0.2) is 33.4 Å². The Balaban J connectivity index is 2.10. The Bertz CT molecular complexity index is 716. The van der Waals surface area contributed by atoms with Gasteiger partial charge in [0.15, 0.2) is 0 Å². The van der Waals surface area contributed by atoms with Gasteiger partial charge in [0.2, 0.25) is 5.91 Å². The van der Waals surface area contributed by atoms with E-state index < -0.39 is 5.97 Å². The molecule has 0 fully saturated rings. The predicted octanol–water partition coefficient (Wildman–Crippen LogP) is 3.20. The maximum atomic E-state index is 12.6. The van der Waals surface area contributed by atoms with Gasteiger partial charge in [0.05, 0.1) is 12.8 Å². The van der Waals surface area contributed by atoms with Crippen LogP contribution in [-0.2, 0) is 22.6 Å². The number of hydrogen-bond donors (Lipinski definition) is 1. The molecule has 2 aromatic rings. The van der Waals surface area contributed by atoms with Gasteiger partial charge in [-0.3, -0.25) is 14.6 Å². The molecule has 24 heavy (non-hydrogen) atoms. The zero-order valence-electron chi connectivity index (χ0n) is 13.4. The van der Waals surface area contributed by atoms with Gasteiger partial charge in [-0.25, -0.2) is 0 Å². The number of pyridine rings is 1. The summed E-state index contributed by atoms with van der Waals surface area (Å²) < 4.78 is 0.924. The SMILES string of the molecule is Cc1ccc(CC(=O)N(CCC(=O)O)Cc2cccc(Br)c2)cn1. The fraction of sp³-hybridized carbons (Fsp3) is 0.278. The Morgan fingerprint density at radius 3 is 2.62 bits per heavy atom. The van der Waals surface area contributed by atoms with E-state index >= 15 is 0 Å². The summed E-state index contributed by atoms with van der Waals surface area (Å²) in [4.78, 5) is 29.2. The molecule has 0 saturated heterocycles. The second kappa shape index (κ2) is 8.59. The first-order chi connectivity index (χ1) is 11.4. The minimum Gasteiger partial charge on any atom is -0.481 e. The molecule has 1 aromatic carbocycles. The lowest BCUT2D eigenvalue weighted by Gasteiger charge is -2.22. The van der Waals surface area contributed by atoms with E-state index in [2.05, 4.69) is 20.9 Å². The molecule has 1 aromatic heterocycles. The van der Waals surface area contributed by atoms with Crippen LogP contribution in [0, 0.1) is 6.92 Å². The number of carboxylic acids is 1. The molecule has 5 nitrogen and oxygen atoms in total. The molecule has 0 saturated carbocycles. The number of rotatable bonds is 7. The predicted molar refractivity (Wildman–Crippen MR) is 94.5 cm³/mol. The Morgan fingerprint density at radius 1 is 1.21 bits per heavy atom. The average molecular weight is 391 g/mol. The van der Waals surface area contributed by atoms with Crippen molar-refractivity contribution in [1.82, 2.24) is 9.88 Å². The summed E-state index contributed by atoms with van der Waals surface area (Å²) >= 11 is 3.41. The van der Waals surface area contributed by atoms with E-state index in [1.165, 1.54) is 0 Å². The number of benzene rings is 1. The van der Waals surface area contributed by atoms with E-state index in [9.17, 15) is 9.59 Å². The highest BCUT2D eigenvalue weighted by atomic mass is 79.9. The first-order valence-corrected chi connectivity index (χ1v) is 8.39. The van der Waals surface area contributed by atoms with Crippen LogP contribution in [0.25, 0.3) is 0 Å². The normalized spacial score (nSPS) is 10.4. The van der Waals surface area contributed by atoms with E-state index in [1.54, 1.807) is 11.1 Å². The number of amides is 1. The molecule has 0 aliphatic rings. The Labute approximate surface area is 149 Å². The minimum atomic E-state index is -0.918. The summed E-state index contributed by atoms with van der Waals surface area (Å²) in [5.74, 6) is -1.03. The second-order valence-electron chi connectivity index (χ2n) is 5.57. The number of aromatic nitrogens is 1. The molecule has 0 spiro atoms. The van der Waals surface area contributed by atoms with E-state index in [4.69, 9.17) is 5.11 Å². The minimum absolute atomic E-state index is 0.0775. The number of carboxylic acid groups (broad SMARTS) is 1. The second-order valence-corrected chi connectivity index (χ2v) is 6.49. The number of halogens is 1. The van der Waals surface area contributed by atoms with E-state index in [0.29, 0.717) is 6.54 Å². The third-order valence-corrected chi connectivity index (χ3v) is 4.03. The van der Waals surface area contributed by atoms with Gasteiger partial charge >= 0.3 is 5.97 Å². The van der Waals surface area contributed by atoms with E-state index in [1.807, 2.05) is 43.3 Å². The molecule has 0 radical (unpaired) electrons. The van der Waals surface area contributed by atoms with Gasteiger partial charge in [0, 0.05) is 29.5 Å². The van der Waals surface area contributed by atoms with Crippen LogP contribution in [0.3, 0.4) is 0 Å². The first kappa shape index (κ1) is 18.1. The highest BCUT2D eigenvalue weighted by molar-refractivity contribution is 9.10. The lowest BCUT2D eigenvalue weighted by atomic mass is 10.1. The van der Waals surface area contributed by atoms with Crippen molar-refractivity contribution in [3.8, 4) is 0 Å². The van der Waals surface area contributed by atoms with Gasteiger partial charge < -0.3 is 10.0 Å². The monoisotopic (exact) mass is 390 g/mol. The molecule has 0 atom stereocenters. The van der Waals surface area contributed by atoms with E-state index in [-0.39, 0.29) is 25.3 Å². The average Bonchev–Trinajstić information content (AvgIpc) is 2.53. The number of aryl methyl sites for hydroxylation is 1. The third-order valence-electron chi connectivity index (χ3n) is 3.54. The Kier molecular flexibility index (Phi) is 6.49. The highest BCUT2D eigenvalue weighted by Crippen LogP contribution is 2.15. The fourth-order valence-corrected chi connectivity index (χ4v) is 2.71.